The van der Waals surface area contributed by atoms with Gasteiger partial charge in [0.25, 0.3) is 0 Å². The highest BCUT2D eigenvalue weighted by Crippen LogP contribution is 2.25. The van der Waals surface area contributed by atoms with Crippen LogP contribution in [0.2, 0.25) is 15.1 Å². The molecule has 7 heteroatoms. The summed E-state index contributed by atoms with van der Waals surface area (Å²) in [5.74, 6) is 0. The highest BCUT2D eigenvalue weighted by molar-refractivity contribution is 7.80. The van der Waals surface area contributed by atoms with Gasteiger partial charge in [-0.25, -0.2) is 0 Å². The van der Waals surface area contributed by atoms with Crippen LogP contribution in [-0.4, -0.2) is 11.3 Å². The van der Waals surface area contributed by atoms with Crippen molar-refractivity contribution in [2.24, 2.45) is 5.10 Å². The Morgan fingerprint density at radius 3 is 2.57 bits per heavy atom. The SMILES string of the molecule is S=C(N/N=C\c1ccccc1Cl)Nc1cc(Cl)ccc1Cl. The predicted molar refractivity (Wildman–Crippen MR) is 94.9 cm³/mol. The van der Waals surface area contributed by atoms with Gasteiger partial charge >= 0.3 is 0 Å². The lowest BCUT2D eigenvalue weighted by Gasteiger charge is -2.09. The third-order valence-corrected chi connectivity index (χ3v) is 3.55. The quantitative estimate of drug-likeness (QED) is 0.462. The fraction of sp³-hybridized carbons (Fsp3) is 0. The second-order valence-electron chi connectivity index (χ2n) is 3.97. The summed E-state index contributed by atoms with van der Waals surface area (Å²) in [5, 5.41) is 8.90. The average molecular weight is 359 g/mol. The van der Waals surface area contributed by atoms with E-state index >= 15 is 0 Å². The Hall–Kier alpha value is -1.33. The third-order valence-electron chi connectivity index (χ3n) is 2.45. The molecule has 0 aromatic heterocycles. The third kappa shape index (κ3) is 4.86. The molecule has 0 radical (unpaired) electrons. The zero-order valence-electron chi connectivity index (χ0n) is 10.6. The number of thiocarbonyl (C=S) groups is 1. The van der Waals surface area contributed by atoms with E-state index < -0.39 is 0 Å². The fourth-order valence-electron chi connectivity index (χ4n) is 1.48. The first-order chi connectivity index (χ1) is 10.1. The molecule has 2 N–H and O–H groups in total. The largest absolute Gasteiger partial charge is 0.330 e. The average Bonchev–Trinajstić information content (AvgIpc) is 2.45. The molecule has 108 valence electrons. The highest BCUT2D eigenvalue weighted by atomic mass is 35.5. The van der Waals surface area contributed by atoms with Crippen molar-refractivity contribution >= 4 is 64.0 Å². The molecule has 0 saturated carbocycles. The molecule has 21 heavy (non-hydrogen) atoms. The van der Waals surface area contributed by atoms with Crippen LogP contribution in [0.3, 0.4) is 0 Å². The van der Waals surface area contributed by atoms with Crippen LogP contribution in [-0.2, 0) is 0 Å². The lowest BCUT2D eigenvalue weighted by Crippen LogP contribution is -2.24. The predicted octanol–water partition coefficient (Wildman–Crippen LogP) is 4.97. The smallest absolute Gasteiger partial charge is 0.191 e. The van der Waals surface area contributed by atoms with Gasteiger partial charge in [0.2, 0.25) is 0 Å². The summed E-state index contributed by atoms with van der Waals surface area (Å²) >= 11 is 23.0. The van der Waals surface area contributed by atoms with E-state index in [1.165, 1.54) is 0 Å². The molecule has 0 amide bonds. The molecule has 0 spiro atoms. The van der Waals surface area contributed by atoms with E-state index in [2.05, 4.69) is 15.8 Å². The van der Waals surface area contributed by atoms with Crippen LogP contribution in [0, 0.1) is 0 Å². The summed E-state index contributed by atoms with van der Waals surface area (Å²) in [6.45, 7) is 0. The number of hydrogen-bond donors (Lipinski definition) is 2. The fourth-order valence-corrected chi connectivity index (χ4v) is 2.17. The molecule has 0 fully saturated rings. The van der Waals surface area contributed by atoms with Crippen molar-refractivity contribution in [1.29, 1.82) is 0 Å². The number of hydrazone groups is 1. The van der Waals surface area contributed by atoms with Crippen LogP contribution in [0.4, 0.5) is 5.69 Å². The molecule has 0 unspecified atom stereocenters. The van der Waals surface area contributed by atoms with E-state index in [0.29, 0.717) is 25.9 Å². The second kappa shape index (κ2) is 7.61. The summed E-state index contributed by atoms with van der Waals surface area (Å²) < 4.78 is 0. The van der Waals surface area contributed by atoms with E-state index in [9.17, 15) is 0 Å². The molecule has 0 atom stereocenters. The number of anilines is 1. The number of halogens is 3. The topological polar surface area (TPSA) is 36.4 Å². The first-order valence-corrected chi connectivity index (χ1v) is 7.40. The molecule has 2 aromatic carbocycles. The molecule has 0 aliphatic heterocycles. The first-order valence-electron chi connectivity index (χ1n) is 5.86. The van der Waals surface area contributed by atoms with Gasteiger partial charge in [0.1, 0.15) is 0 Å². The molecule has 0 saturated heterocycles. The molecule has 3 nitrogen and oxygen atoms in total. The molecule has 0 bridgehead atoms. The lowest BCUT2D eigenvalue weighted by atomic mass is 10.2. The standard InChI is InChI=1S/C14H10Cl3N3S/c15-10-5-6-12(17)13(7-10)19-14(21)20-18-8-9-3-1-2-4-11(9)16/h1-8H,(H2,19,20,21)/b18-8-. The van der Waals surface area contributed by atoms with E-state index in [0.717, 1.165) is 5.56 Å². The zero-order chi connectivity index (χ0) is 15.2. The Morgan fingerprint density at radius 1 is 1.05 bits per heavy atom. The van der Waals surface area contributed by atoms with Gasteiger partial charge in [-0.05, 0) is 36.5 Å². The van der Waals surface area contributed by atoms with Crippen LogP contribution in [0.15, 0.2) is 47.6 Å². The van der Waals surface area contributed by atoms with Crippen molar-refractivity contribution in [2.75, 3.05) is 5.32 Å². The van der Waals surface area contributed by atoms with Crippen molar-refractivity contribution in [3.8, 4) is 0 Å². The number of nitrogens with one attached hydrogen (secondary N) is 2. The summed E-state index contributed by atoms with van der Waals surface area (Å²) in [5.41, 5.74) is 4.08. The van der Waals surface area contributed by atoms with Crippen LogP contribution in [0.5, 0.6) is 0 Å². The van der Waals surface area contributed by atoms with Crippen molar-refractivity contribution in [3.05, 3.63) is 63.1 Å². The maximum absolute atomic E-state index is 6.03. The van der Waals surface area contributed by atoms with Crippen LogP contribution in [0.25, 0.3) is 0 Å². The molecule has 2 aromatic rings. The van der Waals surface area contributed by atoms with Gasteiger partial charge in [0.15, 0.2) is 5.11 Å². The number of rotatable bonds is 3. The number of nitrogens with zero attached hydrogens (tertiary/aromatic N) is 1. The molecular formula is C14H10Cl3N3S. The second-order valence-corrected chi connectivity index (χ2v) is 5.63. The minimum Gasteiger partial charge on any atom is -0.330 e. The van der Waals surface area contributed by atoms with E-state index in [1.54, 1.807) is 30.5 Å². The van der Waals surface area contributed by atoms with Crippen molar-refractivity contribution < 1.29 is 0 Å². The monoisotopic (exact) mass is 357 g/mol. The van der Waals surface area contributed by atoms with E-state index in [1.807, 2.05) is 18.2 Å². The van der Waals surface area contributed by atoms with Gasteiger partial charge in [-0.1, -0.05) is 53.0 Å². The summed E-state index contributed by atoms with van der Waals surface area (Å²) in [6, 6.07) is 12.4. The normalized spacial score (nSPS) is 10.6. The molecule has 2 rings (SSSR count). The first kappa shape index (κ1) is 16.0. The van der Waals surface area contributed by atoms with Crippen LogP contribution < -0.4 is 10.7 Å². The van der Waals surface area contributed by atoms with Gasteiger partial charge < -0.3 is 5.32 Å². The Bertz CT molecular complexity index is 689. The maximum atomic E-state index is 6.03. The Morgan fingerprint density at radius 2 is 1.81 bits per heavy atom. The van der Waals surface area contributed by atoms with Crippen LogP contribution >= 0.6 is 47.0 Å². The molecule has 0 aliphatic carbocycles. The molecular weight excluding hydrogens is 349 g/mol. The van der Waals surface area contributed by atoms with Gasteiger partial charge in [0.05, 0.1) is 16.9 Å². The van der Waals surface area contributed by atoms with E-state index in [-0.39, 0.29) is 0 Å². The summed E-state index contributed by atoms with van der Waals surface area (Å²) in [7, 11) is 0. The van der Waals surface area contributed by atoms with Gasteiger partial charge in [-0.3, -0.25) is 5.43 Å². The molecule has 0 heterocycles. The molecule has 0 aliphatic rings. The summed E-state index contributed by atoms with van der Waals surface area (Å²) in [4.78, 5) is 0. The Labute approximate surface area is 142 Å². The van der Waals surface area contributed by atoms with Crippen molar-refractivity contribution in [3.63, 3.8) is 0 Å². The lowest BCUT2D eigenvalue weighted by molar-refractivity contribution is 1.05. The van der Waals surface area contributed by atoms with Gasteiger partial charge in [0, 0.05) is 15.6 Å². The number of hydrogen-bond acceptors (Lipinski definition) is 2. The van der Waals surface area contributed by atoms with E-state index in [4.69, 9.17) is 47.0 Å². The zero-order valence-corrected chi connectivity index (χ0v) is 13.7. The minimum absolute atomic E-state index is 0.294. The van der Waals surface area contributed by atoms with Crippen LogP contribution in [0.1, 0.15) is 5.56 Å². The minimum atomic E-state index is 0.294. The summed E-state index contributed by atoms with van der Waals surface area (Å²) in [6.07, 6.45) is 1.58. The Balaban J connectivity index is 1.96. The highest BCUT2D eigenvalue weighted by Gasteiger charge is 2.03. The number of benzene rings is 2. The Kier molecular flexibility index (Phi) is 5.82. The maximum Gasteiger partial charge on any atom is 0.191 e. The van der Waals surface area contributed by atoms with Gasteiger partial charge in [-0.2, -0.15) is 5.10 Å². The van der Waals surface area contributed by atoms with Crippen molar-refractivity contribution in [2.45, 2.75) is 0 Å². The van der Waals surface area contributed by atoms with Crippen molar-refractivity contribution in [1.82, 2.24) is 5.43 Å². The van der Waals surface area contributed by atoms with Gasteiger partial charge in [-0.15, -0.1) is 0 Å².